The van der Waals surface area contributed by atoms with E-state index in [-0.39, 0.29) is 11.7 Å². The molecular weight excluding hydrogens is 360 g/mol. The van der Waals surface area contributed by atoms with Crippen LogP contribution in [0.2, 0.25) is 5.02 Å². The number of thioether (sulfide) groups is 1. The average molecular weight is 377 g/mol. The van der Waals surface area contributed by atoms with Crippen molar-refractivity contribution in [3.8, 4) is 17.5 Å². The molecule has 9 heteroatoms. The molecule has 0 bridgehead atoms. The molecule has 1 saturated carbocycles. The summed E-state index contributed by atoms with van der Waals surface area (Å²) in [6.07, 6.45) is 3.31. The average Bonchev–Trinajstić information content (AvgIpc) is 3.21. The highest BCUT2D eigenvalue weighted by atomic mass is 35.5. The van der Waals surface area contributed by atoms with Gasteiger partial charge in [-0.1, -0.05) is 35.5 Å². The van der Waals surface area contributed by atoms with Crippen molar-refractivity contribution in [1.82, 2.24) is 20.2 Å². The lowest BCUT2D eigenvalue weighted by atomic mass is 10.0. The fraction of sp³-hybridized carbons (Fsp3) is 0.375. The van der Waals surface area contributed by atoms with Crippen molar-refractivity contribution in [2.75, 3.05) is 11.6 Å². The molecule has 0 aliphatic heterocycles. The van der Waals surface area contributed by atoms with E-state index >= 15 is 0 Å². The van der Waals surface area contributed by atoms with E-state index in [4.69, 9.17) is 17.4 Å². The van der Waals surface area contributed by atoms with Crippen LogP contribution < -0.4 is 11.2 Å². The van der Waals surface area contributed by atoms with Gasteiger partial charge in [0.15, 0.2) is 5.82 Å². The maximum absolute atomic E-state index is 12.2. The molecule has 1 aliphatic rings. The van der Waals surface area contributed by atoms with Gasteiger partial charge in [0, 0.05) is 5.56 Å². The lowest BCUT2D eigenvalue weighted by Gasteiger charge is -2.21. The maximum atomic E-state index is 12.2. The van der Waals surface area contributed by atoms with E-state index in [1.165, 1.54) is 16.4 Å². The number of amides is 1. The van der Waals surface area contributed by atoms with Gasteiger partial charge in [0.1, 0.15) is 5.54 Å². The number of nitrogens with one attached hydrogen (secondary N) is 1. The smallest absolute Gasteiger partial charge is 0.231 e. The van der Waals surface area contributed by atoms with E-state index in [2.05, 4.69) is 21.6 Å². The standard InChI is InChI=1S/C16H17ClN6OS/c17-12-6-2-1-5-11(12)14-21-22-15(23(14)19)25-9-13(24)20-16(10-18)7-3-4-8-16/h1-2,5-6H,3-4,7-9,19H2,(H,20,24). The van der Waals surface area contributed by atoms with Gasteiger partial charge >= 0.3 is 0 Å². The predicted molar refractivity (Wildman–Crippen MR) is 96.3 cm³/mol. The number of rotatable bonds is 5. The molecule has 0 radical (unpaired) electrons. The number of aromatic nitrogens is 3. The summed E-state index contributed by atoms with van der Waals surface area (Å²) < 4.78 is 1.31. The van der Waals surface area contributed by atoms with E-state index < -0.39 is 5.54 Å². The SMILES string of the molecule is N#CC1(NC(=O)CSc2nnc(-c3ccccc3Cl)n2N)CCCC1. The summed E-state index contributed by atoms with van der Waals surface area (Å²) in [5.41, 5.74) is -0.0543. The van der Waals surface area contributed by atoms with Gasteiger partial charge in [-0.25, -0.2) is 4.68 Å². The Morgan fingerprint density at radius 2 is 2.12 bits per heavy atom. The molecule has 1 amide bonds. The highest BCUT2D eigenvalue weighted by Crippen LogP contribution is 2.30. The zero-order valence-corrected chi connectivity index (χ0v) is 15.0. The van der Waals surface area contributed by atoms with Crippen molar-refractivity contribution < 1.29 is 4.79 Å². The first-order valence-electron chi connectivity index (χ1n) is 7.85. The number of carbonyl (C=O) groups is 1. The summed E-state index contributed by atoms with van der Waals surface area (Å²) in [4.78, 5) is 12.2. The lowest BCUT2D eigenvalue weighted by molar-refractivity contribution is -0.119. The molecule has 0 unspecified atom stereocenters. The number of hydrogen-bond donors (Lipinski definition) is 2. The first kappa shape index (κ1) is 17.6. The van der Waals surface area contributed by atoms with Crippen molar-refractivity contribution in [1.29, 1.82) is 5.26 Å². The van der Waals surface area contributed by atoms with Crippen molar-refractivity contribution in [3.05, 3.63) is 29.3 Å². The Hall–Kier alpha value is -2.24. The molecule has 7 nitrogen and oxygen atoms in total. The molecule has 1 aromatic carbocycles. The minimum atomic E-state index is -0.725. The monoisotopic (exact) mass is 376 g/mol. The van der Waals surface area contributed by atoms with Gasteiger partial charge < -0.3 is 11.2 Å². The van der Waals surface area contributed by atoms with Gasteiger partial charge in [0.05, 0.1) is 16.8 Å². The van der Waals surface area contributed by atoms with Crippen molar-refractivity contribution in [3.63, 3.8) is 0 Å². The van der Waals surface area contributed by atoms with Crippen LogP contribution in [-0.2, 0) is 4.79 Å². The van der Waals surface area contributed by atoms with Crippen LogP contribution in [0, 0.1) is 11.3 Å². The molecule has 0 atom stereocenters. The van der Waals surface area contributed by atoms with Crippen LogP contribution in [0.5, 0.6) is 0 Å². The van der Waals surface area contributed by atoms with E-state index in [0.29, 0.717) is 34.4 Å². The van der Waals surface area contributed by atoms with E-state index in [9.17, 15) is 10.1 Å². The number of hydrogen-bond acceptors (Lipinski definition) is 6. The predicted octanol–water partition coefficient (Wildman–Crippen LogP) is 2.36. The Bertz CT molecular complexity index is 824. The van der Waals surface area contributed by atoms with Gasteiger partial charge in [-0.2, -0.15) is 5.26 Å². The largest absolute Gasteiger partial charge is 0.337 e. The number of carbonyl (C=O) groups excluding carboxylic acids is 1. The molecule has 3 rings (SSSR count). The van der Waals surface area contributed by atoms with Crippen LogP contribution >= 0.6 is 23.4 Å². The van der Waals surface area contributed by atoms with Crippen LogP contribution in [-0.4, -0.2) is 32.1 Å². The Balaban J connectivity index is 1.66. The second kappa shape index (κ2) is 7.33. The van der Waals surface area contributed by atoms with E-state index in [1.54, 1.807) is 12.1 Å². The topological polar surface area (TPSA) is 110 Å². The zero-order valence-electron chi connectivity index (χ0n) is 13.4. The van der Waals surface area contributed by atoms with Crippen LogP contribution in [0.15, 0.2) is 29.4 Å². The summed E-state index contributed by atoms with van der Waals surface area (Å²) in [5, 5.41) is 21.2. The summed E-state index contributed by atoms with van der Waals surface area (Å²) in [6, 6.07) is 9.43. The first-order chi connectivity index (χ1) is 12.0. The van der Waals surface area contributed by atoms with Gasteiger partial charge in [0.25, 0.3) is 0 Å². The molecule has 0 saturated heterocycles. The molecular formula is C16H17ClN6OS. The number of nitrogens with two attached hydrogens (primary N) is 1. The summed E-state index contributed by atoms with van der Waals surface area (Å²) in [6.45, 7) is 0. The molecule has 1 aliphatic carbocycles. The number of halogens is 1. The Morgan fingerprint density at radius 3 is 2.80 bits per heavy atom. The molecule has 0 spiro atoms. The van der Waals surface area contributed by atoms with Gasteiger partial charge in [0.2, 0.25) is 11.1 Å². The van der Waals surface area contributed by atoms with Crippen LogP contribution in [0.25, 0.3) is 11.4 Å². The zero-order chi connectivity index (χ0) is 17.9. The van der Waals surface area contributed by atoms with Gasteiger partial charge in [-0.3, -0.25) is 4.79 Å². The van der Waals surface area contributed by atoms with Crippen molar-refractivity contribution in [2.45, 2.75) is 36.4 Å². The van der Waals surface area contributed by atoms with E-state index in [0.717, 1.165) is 12.8 Å². The Morgan fingerprint density at radius 1 is 1.40 bits per heavy atom. The second-order valence-corrected chi connectivity index (χ2v) is 7.24. The van der Waals surface area contributed by atoms with Crippen LogP contribution in [0.3, 0.4) is 0 Å². The van der Waals surface area contributed by atoms with Crippen LogP contribution in [0.4, 0.5) is 0 Å². The number of nitrogens with zero attached hydrogens (tertiary/aromatic N) is 4. The molecule has 1 fully saturated rings. The summed E-state index contributed by atoms with van der Waals surface area (Å²) in [5.74, 6) is 6.36. The molecule has 3 N–H and O–H groups in total. The minimum absolute atomic E-state index is 0.112. The highest BCUT2D eigenvalue weighted by molar-refractivity contribution is 7.99. The lowest BCUT2D eigenvalue weighted by Crippen LogP contribution is -2.45. The molecule has 1 aromatic heterocycles. The molecule has 2 aromatic rings. The van der Waals surface area contributed by atoms with Crippen molar-refractivity contribution >= 4 is 29.3 Å². The Labute approximate surface area is 154 Å². The third kappa shape index (κ3) is 3.72. The fourth-order valence-corrected chi connectivity index (χ4v) is 3.75. The number of benzene rings is 1. The van der Waals surface area contributed by atoms with E-state index in [1.807, 2.05) is 12.1 Å². The quantitative estimate of drug-likeness (QED) is 0.612. The van der Waals surface area contributed by atoms with Gasteiger partial charge in [-0.05, 0) is 37.8 Å². The third-order valence-corrected chi connectivity index (χ3v) is 5.43. The molecule has 1 heterocycles. The number of nitrogen functional groups attached to an aromatic ring is 1. The van der Waals surface area contributed by atoms with Gasteiger partial charge in [-0.15, -0.1) is 10.2 Å². The highest BCUT2D eigenvalue weighted by Gasteiger charge is 2.35. The second-order valence-electron chi connectivity index (χ2n) is 5.89. The third-order valence-electron chi connectivity index (χ3n) is 4.16. The normalized spacial score (nSPS) is 15.7. The maximum Gasteiger partial charge on any atom is 0.231 e. The van der Waals surface area contributed by atoms with Crippen molar-refractivity contribution in [2.24, 2.45) is 0 Å². The van der Waals surface area contributed by atoms with Crippen LogP contribution in [0.1, 0.15) is 25.7 Å². The number of nitriles is 1. The summed E-state index contributed by atoms with van der Waals surface area (Å²) >= 11 is 7.32. The molecule has 25 heavy (non-hydrogen) atoms. The first-order valence-corrected chi connectivity index (χ1v) is 9.21. The fourth-order valence-electron chi connectivity index (χ4n) is 2.88. The minimum Gasteiger partial charge on any atom is -0.337 e. The molecule has 130 valence electrons. The summed E-state index contributed by atoms with van der Waals surface area (Å²) in [7, 11) is 0. The Kier molecular flexibility index (Phi) is 5.16.